The molecule has 2 aromatic carbocycles. The predicted molar refractivity (Wildman–Crippen MR) is 94.5 cm³/mol. The maximum atomic E-state index is 11.5. The molecule has 0 atom stereocenters. The quantitative estimate of drug-likeness (QED) is 0.507. The number of carbonyl (C=O) groups excluding carboxylic acids is 1. The van der Waals surface area contributed by atoms with Crippen LogP contribution in [0.5, 0.6) is 0 Å². The number of benzene rings is 2. The number of hydrogen-bond donors (Lipinski definition) is 0. The Bertz CT molecular complexity index is 893. The average Bonchev–Trinajstić information content (AvgIpc) is 2.66. The Balaban J connectivity index is 1.97. The predicted octanol–water partition coefficient (Wildman–Crippen LogP) is 3.69. The summed E-state index contributed by atoms with van der Waals surface area (Å²) in [7, 11) is 0. The zero-order chi connectivity index (χ0) is 16.6. The fourth-order valence-electron chi connectivity index (χ4n) is 2.12. The van der Waals surface area contributed by atoms with Crippen LogP contribution in [-0.4, -0.2) is 11.3 Å². The molecule has 24 heavy (non-hydrogen) atoms. The normalized spacial score (nSPS) is 9.17. The molecule has 0 unspecified atom stereocenters. The largest absolute Gasteiger partial charge is 0.298 e. The maximum absolute atomic E-state index is 11.5. The van der Waals surface area contributed by atoms with Gasteiger partial charge in [0.05, 0.1) is 11.1 Å². The van der Waals surface area contributed by atoms with Crippen molar-refractivity contribution in [3.05, 3.63) is 101 Å². The van der Waals surface area contributed by atoms with Gasteiger partial charge in [-0.3, -0.25) is 9.78 Å². The van der Waals surface area contributed by atoms with Crippen LogP contribution in [0.2, 0.25) is 0 Å². The van der Waals surface area contributed by atoms with Gasteiger partial charge in [0.25, 0.3) is 0 Å². The van der Waals surface area contributed by atoms with Crippen LogP contribution in [0, 0.1) is 23.7 Å². The van der Waals surface area contributed by atoms with Crippen LogP contribution >= 0.6 is 0 Å². The monoisotopic (exact) mass is 307 g/mol. The molecule has 2 nitrogen and oxygen atoms in total. The van der Waals surface area contributed by atoms with E-state index in [0.29, 0.717) is 16.7 Å². The smallest absolute Gasteiger partial charge is 0.152 e. The van der Waals surface area contributed by atoms with Crippen molar-refractivity contribution in [1.82, 2.24) is 4.98 Å². The van der Waals surface area contributed by atoms with Crippen LogP contribution < -0.4 is 0 Å². The molecule has 3 rings (SSSR count). The van der Waals surface area contributed by atoms with E-state index in [1.54, 1.807) is 12.4 Å². The first-order chi connectivity index (χ1) is 11.9. The van der Waals surface area contributed by atoms with Gasteiger partial charge in [-0.05, 0) is 24.3 Å². The fourth-order valence-corrected chi connectivity index (χ4v) is 2.12. The fraction of sp³-hybridized carbons (Fsp3) is 0. The second-order valence-electron chi connectivity index (χ2n) is 5.00. The van der Waals surface area contributed by atoms with Crippen molar-refractivity contribution < 1.29 is 4.79 Å². The summed E-state index contributed by atoms with van der Waals surface area (Å²) in [4.78, 5) is 15.7. The molecule has 0 aliphatic heterocycles. The zero-order valence-corrected chi connectivity index (χ0v) is 12.9. The minimum atomic E-state index is 0.469. The number of nitrogens with zero attached hydrogens (tertiary/aromatic N) is 1. The molecule has 0 spiro atoms. The number of rotatable bonds is 1. The van der Waals surface area contributed by atoms with E-state index in [9.17, 15) is 4.79 Å². The number of aromatic nitrogens is 1. The molecule has 0 N–H and O–H groups in total. The van der Waals surface area contributed by atoms with Crippen LogP contribution in [0.1, 0.15) is 32.6 Å². The van der Waals surface area contributed by atoms with Gasteiger partial charge in [0.1, 0.15) is 0 Å². The van der Waals surface area contributed by atoms with Crippen molar-refractivity contribution in [2.45, 2.75) is 0 Å². The first-order valence-corrected chi connectivity index (χ1v) is 7.44. The summed E-state index contributed by atoms with van der Waals surface area (Å²) in [5, 5.41) is 0. The Hall–Kier alpha value is -3.62. The van der Waals surface area contributed by atoms with E-state index in [1.807, 2.05) is 60.7 Å². The lowest BCUT2D eigenvalue weighted by Crippen LogP contribution is -1.95. The van der Waals surface area contributed by atoms with Gasteiger partial charge in [-0.1, -0.05) is 60.1 Å². The summed E-state index contributed by atoms with van der Waals surface area (Å²) in [6, 6.07) is 19.2. The number of pyridine rings is 1. The summed E-state index contributed by atoms with van der Waals surface area (Å²) in [5.41, 5.74) is 3.39. The molecule has 0 amide bonds. The van der Waals surface area contributed by atoms with Gasteiger partial charge in [0, 0.05) is 29.1 Å². The highest BCUT2D eigenvalue weighted by molar-refractivity contribution is 5.83. The minimum absolute atomic E-state index is 0.469. The standard InChI is InChI=1S/C22H13NO/c24-17-22-20(13-11-18-7-3-1-4-8-18)15-23-16-21(22)14-12-19-9-5-2-6-10-19/h1-10,15-17H. The van der Waals surface area contributed by atoms with Crippen molar-refractivity contribution in [2.75, 3.05) is 0 Å². The van der Waals surface area contributed by atoms with Crippen molar-refractivity contribution in [1.29, 1.82) is 0 Å². The molecule has 0 bridgehead atoms. The van der Waals surface area contributed by atoms with E-state index < -0.39 is 0 Å². The summed E-state index contributed by atoms with van der Waals surface area (Å²) >= 11 is 0. The molecule has 0 saturated carbocycles. The van der Waals surface area contributed by atoms with E-state index >= 15 is 0 Å². The highest BCUT2D eigenvalue weighted by Gasteiger charge is 2.04. The molecular formula is C22H13NO. The topological polar surface area (TPSA) is 30.0 Å². The first-order valence-electron chi connectivity index (χ1n) is 7.44. The molecule has 0 saturated heterocycles. The Kier molecular flexibility index (Phi) is 4.83. The second kappa shape index (κ2) is 7.58. The van der Waals surface area contributed by atoms with Crippen LogP contribution in [0.3, 0.4) is 0 Å². The molecular weight excluding hydrogens is 294 g/mol. The SMILES string of the molecule is O=Cc1c(C#Cc2ccccc2)cncc1C#Cc1ccccc1. The Labute approximate surface area is 141 Å². The van der Waals surface area contributed by atoms with Crippen LogP contribution in [0.15, 0.2) is 73.1 Å². The number of carbonyl (C=O) groups is 1. The third-order valence-corrected chi connectivity index (χ3v) is 3.34. The molecule has 0 aliphatic rings. The lowest BCUT2D eigenvalue weighted by Gasteiger charge is -1.99. The van der Waals surface area contributed by atoms with Gasteiger partial charge in [-0.25, -0.2) is 0 Å². The van der Waals surface area contributed by atoms with Gasteiger partial charge in [-0.15, -0.1) is 0 Å². The number of aldehydes is 1. The van der Waals surface area contributed by atoms with Gasteiger partial charge in [-0.2, -0.15) is 0 Å². The highest BCUT2D eigenvalue weighted by Crippen LogP contribution is 2.10. The highest BCUT2D eigenvalue weighted by atomic mass is 16.1. The third-order valence-electron chi connectivity index (χ3n) is 3.34. The van der Waals surface area contributed by atoms with E-state index in [1.165, 1.54) is 0 Å². The lowest BCUT2D eigenvalue weighted by molar-refractivity contribution is 0.112. The Morgan fingerprint density at radius 3 is 1.54 bits per heavy atom. The molecule has 112 valence electrons. The van der Waals surface area contributed by atoms with Crippen molar-refractivity contribution >= 4 is 6.29 Å². The molecule has 0 radical (unpaired) electrons. The van der Waals surface area contributed by atoms with Crippen molar-refractivity contribution in [3.63, 3.8) is 0 Å². The molecule has 0 aliphatic carbocycles. The van der Waals surface area contributed by atoms with Crippen LogP contribution in [0.25, 0.3) is 0 Å². The molecule has 3 aromatic rings. The Morgan fingerprint density at radius 2 is 1.12 bits per heavy atom. The average molecular weight is 307 g/mol. The van der Waals surface area contributed by atoms with Gasteiger partial charge >= 0.3 is 0 Å². The maximum Gasteiger partial charge on any atom is 0.152 e. The summed E-state index contributed by atoms with van der Waals surface area (Å²) in [6.07, 6.45) is 3.96. The lowest BCUT2D eigenvalue weighted by atomic mass is 10.1. The minimum Gasteiger partial charge on any atom is -0.298 e. The van der Waals surface area contributed by atoms with E-state index in [4.69, 9.17) is 0 Å². The van der Waals surface area contributed by atoms with Crippen LogP contribution in [0.4, 0.5) is 0 Å². The van der Waals surface area contributed by atoms with E-state index in [2.05, 4.69) is 28.7 Å². The molecule has 1 heterocycles. The summed E-state index contributed by atoms with van der Waals surface area (Å²) in [6.45, 7) is 0. The molecule has 1 aromatic heterocycles. The van der Waals surface area contributed by atoms with Crippen molar-refractivity contribution in [2.24, 2.45) is 0 Å². The zero-order valence-electron chi connectivity index (χ0n) is 12.9. The molecule has 2 heteroatoms. The van der Waals surface area contributed by atoms with Crippen LogP contribution in [-0.2, 0) is 0 Å². The van der Waals surface area contributed by atoms with Gasteiger partial charge < -0.3 is 0 Å². The van der Waals surface area contributed by atoms with Crippen molar-refractivity contribution in [3.8, 4) is 23.7 Å². The van der Waals surface area contributed by atoms with E-state index in [0.717, 1.165) is 17.4 Å². The molecule has 0 fully saturated rings. The summed E-state index contributed by atoms with van der Waals surface area (Å²) < 4.78 is 0. The summed E-state index contributed by atoms with van der Waals surface area (Å²) in [5.74, 6) is 12.1. The van der Waals surface area contributed by atoms with Gasteiger partial charge in [0.2, 0.25) is 0 Å². The van der Waals surface area contributed by atoms with Gasteiger partial charge in [0.15, 0.2) is 6.29 Å². The van der Waals surface area contributed by atoms with E-state index in [-0.39, 0.29) is 0 Å². The second-order valence-corrected chi connectivity index (χ2v) is 5.00. The number of hydrogen-bond acceptors (Lipinski definition) is 2. The Morgan fingerprint density at radius 1 is 0.667 bits per heavy atom. The third kappa shape index (κ3) is 3.77. The first kappa shape index (κ1) is 15.3.